The molecule has 5 nitrogen and oxygen atoms in total. The second-order valence-electron chi connectivity index (χ2n) is 3.10. The molecule has 0 spiro atoms. The number of fused-ring (bicyclic) bond motifs is 1. The Morgan fingerprint density at radius 3 is 2.69 bits per heavy atom. The van der Waals surface area contributed by atoms with Crippen LogP contribution < -0.4 is 4.90 Å². The van der Waals surface area contributed by atoms with Crippen molar-refractivity contribution in [3.05, 3.63) is 18.0 Å². The minimum absolute atomic E-state index is 0.781. The molecular formula is C8H11N5. The quantitative estimate of drug-likeness (QED) is 0.636. The lowest BCUT2D eigenvalue weighted by molar-refractivity contribution is 0.856. The van der Waals surface area contributed by atoms with E-state index >= 15 is 0 Å². The van der Waals surface area contributed by atoms with Crippen molar-refractivity contribution in [3.8, 4) is 0 Å². The number of nitrogens with zero attached hydrogens (tertiary/aromatic N) is 5. The van der Waals surface area contributed by atoms with Gasteiger partial charge in [0.05, 0.1) is 0 Å². The summed E-state index contributed by atoms with van der Waals surface area (Å²) >= 11 is 0. The maximum Gasteiger partial charge on any atom is 0.178 e. The fraction of sp³-hybridized carbons (Fsp3) is 0.375. The van der Waals surface area contributed by atoms with Gasteiger partial charge in [0.2, 0.25) is 0 Å². The SMILES string of the molecule is Cc1nnc2ccc(N(C)C)nn12. The summed E-state index contributed by atoms with van der Waals surface area (Å²) in [5.41, 5.74) is 0.781. The molecule has 0 aliphatic carbocycles. The van der Waals surface area contributed by atoms with E-state index in [1.807, 2.05) is 38.1 Å². The summed E-state index contributed by atoms with van der Waals surface area (Å²) in [6.45, 7) is 1.88. The lowest BCUT2D eigenvalue weighted by Crippen LogP contribution is -2.12. The molecule has 68 valence electrons. The highest BCUT2D eigenvalue weighted by molar-refractivity contribution is 5.44. The molecule has 2 aromatic heterocycles. The number of rotatable bonds is 1. The fourth-order valence-corrected chi connectivity index (χ4v) is 1.12. The monoisotopic (exact) mass is 177 g/mol. The molecule has 0 bridgehead atoms. The van der Waals surface area contributed by atoms with Gasteiger partial charge in [-0.05, 0) is 19.1 Å². The Morgan fingerprint density at radius 2 is 2.00 bits per heavy atom. The van der Waals surface area contributed by atoms with Crippen molar-refractivity contribution < 1.29 is 0 Å². The number of anilines is 1. The van der Waals surface area contributed by atoms with Crippen LogP contribution in [0.1, 0.15) is 5.82 Å². The van der Waals surface area contributed by atoms with Gasteiger partial charge in [-0.3, -0.25) is 0 Å². The van der Waals surface area contributed by atoms with Crippen molar-refractivity contribution in [2.24, 2.45) is 0 Å². The van der Waals surface area contributed by atoms with Gasteiger partial charge in [-0.2, -0.15) is 4.52 Å². The molecular weight excluding hydrogens is 166 g/mol. The maximum atomic E-state index is 4.35. The Kier molecular flexibility index (Phi) is 1.65. The summed E-state index contributed by atoms with van der Waals surface area (Å²) in [5.74, 6) is 1.70. The number of aryl methyl sites for hydroxylation is 1. The van der Waals surface area contributed by atoms with E-state index in [9.17, 15) is 0 Å². The molecule has 0 atom stereocenters. The summed E-state index contributed by atoms with van der Waals surface area (Å²) in [6, 6.07) is 3.83. The molecule has 0 saturated carbocycles. The van der Waals surface area contributed by atoms with Crippen molar-refractivity contribution in [1.29, 1.82) is 0 Å². The van der Waals surface area contributed by atoms with E-state index in [2.05, 4.69) is 15.3 Å². The second-order valence-corrected chi connectivity index (χ2v) is 3.10. The van der Waals surface area contributed by atoms with Gasteiger partial charge in [-0.15, -0.1) is 15.3 Å². The van der Waals surface area contributed by atoms with Gasteiger partial charge < -0.3 is 4.90 Å². The topological polar surface area (TPSA) is 46.3 Å². The first-order chi connectivity index (χ1) is 6.18. The second kappa shape index (κ2) is 2.69. The maximum absolute atomic E-state index is 4.35. The van der Waals surface area contributed by atoms with Crippen LogP contribution >= 0.6 is 0 Å². The summed E-state index contributed by atoms with van der Waals surface area (Å²) in [6.07, 6.45) is 0. The molecule has 0 aliphatic rings. The van der Waals surface area contributed by atoms with E-state index in [0.29, 0.717) is 0 Å². The van der Waals surface area contributed by atoms with Crippen molar-refractivity contribution >= 4 is 11.5 Å². The van der Waals surface area contributed by atoms with Crippen LogP contribution in [0.5, 0.6) is 0 Å². The highest BCUT2D eigenvalue weighted by Crippen LogP contribution is 2.08. The van der Waals surface area contributed by atoms with Gasteiger partial charge in [0.1, 0.15) is 5.82 Å². The molecule has 0 aromatic carbocycles. The lowest BCUT2D eigenvalue weighted by atomic mass is 10.5. The standard InChI is InChI=1S/C8H11N5/c1-6-9-10-7-4-5-8(12(2)3)11-13(6)7/h4-5H,1-3H3. The smallest absolute Gasteiger partial charge is 0.178 e. The molecule has 2 heterocycles. The highest BCUT2D eigenvalue weighted by Gasteiger charge is 2.03. The van der Waals surface area contributed by atoms with E-state index in [0.717, 1.165) is 17.3 Å². The Morgan fingerprint density at radius 1 is 1.23 bits per heavy atom. The number of aromatic nitrogens is 4. The first kappa shape index (κ1) is 7.97. The zero-order valence-electron chi connectivity index (χ0n) is 7.89. The van der Waals surface area contributed by atoms with Crippen LogP contribution in [0.15, 0.2) is 12.1 Å². The predicted octanol–water partition coefficient (Wildman–Crippen LogP) is 0.499. The third-order valence-electron chi connectivity index (χ3n) is 1.86. The molecule has 13 heavy (non-hydrogen) atoms. The molecule has 0 fully saturated rings. The average Bonchev–Trinajstić information content (AvgIpc) is 2.47. The van der Waals surface area contributed by atoms with Gasteiger partial charge >= 0.3 is 0 Å². The summed E-state index contributed by atoms with van der Waals surface area (Å²) in [5, 5.41) is 12.2. The van der Waals surface area contributed by atoms with Gasteiger partial charge in [0.25, 0.3) is 0 Å². The van der Waals surface area contributed by atoms with Crippen molar-refractivity contribution in [3.63, 3.8) is 0 Å². The van der Waals surface area contributed by atoms with Crippen LogP contribution in [0.3, 0.4) is 0 Å². The fourth-order valence-electron chi connectivity index (χ4n) is 1.12. The minimum Gasteiger partial charge on any atom is -0.361 e. The van der Waals surface area contributed by atoms with Gasteiger partial charge in [0.15, 0.2) is 11.5 Å². The molecule has 2 rings (SSSR count). The van der Waals surface area contributed by atoms with E-state index in [4.69, 9.17) is 0 Å². The third kappa shape index (κ3) is 1.22. The Labute approximate surface area is 76.0 Å². The largest absolute Gasteiger partial charge is 0.361 e. The van der Waals surface area contributed by atoms with E-state index < -0.39 is 0 Å². The van der Waals surface area contributed by atoms with Gasteiger partial charge in [-0.1, -0.05) is 0 Å². The van der Waals surface area contributed by atoms with E-state index in [1.165, 1.54) is 0 Å². The summed E-state index contributed by atoms with van der Waals surface area (Å²) in [7, 11) is 3.90. The molecule has 0 aliphatic heterocycles. The Bertz CT molecular complexity index is 431. The average molecular weight is 177 g/mol. The van der Waals surface area contributed by atoms with Crippen molar-refractivity contribution in [1.82, 2.24) is 19.8 Å². The summed E-state index contributed by atoms with van der Waals surface area (Å²) in [4.78, 5) is 1.94. The third-order valence-corrected chi connectivity index (χ3v) is 1.86. The molecule has 0 saturated heterocycles. The van der Waals surface area contributed by atoms with Gasteiger partial charge in [-0.25, -0.2) is 0 Å². The molecule has 5 heteroatoms. The first-order valence-corrected chi connectivity index (χ1v) is 4.05. The van der Waals surface area contributed by atoms with E-state index in [1.54, 1.807) is 4.52 Å². The Hall–Kier alpha value is -1.65. The molecule has 2 aromatic rings. The van der Waals surface area contributed by atoms with Crippen molar-refractivity contribution in [2.45, 2.75) is 6.92 Å². The zero-order chi connectivity index (χ0) is 9.42. The molecule has 0 radical (unpaired) electrons. The molecule has 0 amide bonds. The van der Waals surface area contributed by atoms with Crippen molar-refractivity contribution in [2.75, 3.05) is 19.0 Å². The van der Waals surface area contributed by atoms with Crippen LogP contribution in [0.25, 0.3) is 5.65 Å². The van der Waals surface area contributed by atoms with Crippen LogP contribution in [-0.2, 0) is 0 Å². The van der Waals surface area contributed by atoms with Crippen LogP contribution in [-0.4, -0.2) is 33.9 Å². The first-order valence-electron chi connectivity index (χ1n) is 4.05. The molecule has 0 unspecified atom stereocenters. The highest BCUT2D eigenvalue weighted by atomic mass is 15.4. The predicted molar refractivity (Wildman–Crippen MR) is 49.8 cm³/mol. The number of hydrogen-bond donors (Lipinski definition) is 0. The summed E-state index contributed by atoms with van der Waals surface area (Å²) < 4.78 is 1.73. The Balaban J connectivity index is 2.66. The van der Waals surface area contributed by atoms with Gasteiger partial charge in [0, 0.05) is 14.1 Å². The normalized spacial score (nSPS) is 10.7. The lowest BCUT2D eigenvalue weighted by Gasteiger charge is -2.10. The van der Waals surface area contributed by atoms with Crippen LogP contribution in [0.4, 0.5) is 5.82 Å². The van der Waals surface area contributed by atoms with Crippen LogP contribution in [0.2, 0.25) is 0 Å². The zero-order valence-corrected chi connectivity index (χ0v) is 7.89. The van der Waals surface area contributed by atoms with Crippen LogP contribution in [0, 0.1) is 6.92 Å². The minimum atomic E-state index is 0.781. The van der Waals surface area contributed by atoms with E-state index in [-0.39, 0.29) is 0 Å². The molecule has 0 N–H and O–H groups in total. The number of hydrogen-bond acceptors (Lipinski definition) is 4.